The summed E-state index contributed by atoms with van der Waals surface area (Å²) in [6.07, 6.45) is 0. The third kappa shape index (κ3) is 4.29. The summed E-state index contributed by atoms with van der Waals surface area (Å²) < 4.78 is 33.2. The monoisotopic (exact) mass is 411 g/mol. The molecule has 0 unspecified atom stereocenters. The fourth-order valence-corrected chi connectivity index (χ4v) is 4.48. The van der Waals surface area contributed by atoms with Crippen LogP contribution in [0.2, 0.25) is 5.02 Å². The molecule has 26 heavy (non-hydrogen) atoms. The van der Waals surface area contributed by atoms with Crippen molar-refractivity contribution < 1.29 is 17.9 Å². The number of hydrogen-bond acceptors (Lipinski definition) is 6. The van der Waals surface area contributed by atoms with Crippen molar-refractivity contribution in [3.05, 3.63) is 47.5 Å². The van der Waals surface area contributed by atoms with E-state index in [0.717, 1.165) is 11.8 Å². The molecule has 0 aliphatic carbocycles. The molecule has 2 aromatic rings. The summed E-state index contributed by atoms with van der Waals surface area (Å²) >= 11 is 6.82. The number of carbonyl (C=O) groups is 1. The van der Waals surface area contributed by atoms with Gasteiger partial charge in [-0.1, -0.05) is 23.4 Å². The lowest BCUT2D eigenvalue weighted by Crippen LogP contribution is -2.22. The number of amides is 1. The number of fused-ring (bicyclic) bond motifs is 1. The molecule has 0 radical (unpaired) electrons. The van der Waals surface area contributed by atoms with Crippen molar-refractivity contribution >= 4 is 55.8 Å². The number of carbonyl (C=O) groups excluding carboxylic acids is 1. The number of rotatable bonds is 4. The minimum Gasteiger partial charge on any atom is -0.497 e. The Labute approximate surface area is 159 Å². The Hall–Kier alpha value is -2.23. The van der Waals surface area contributed by atoms with Gasteiger partial charge in [0.25, 0.3) is 10.0 Å². The summed E-state index contributed by atoms with van der Waals surface area (Å²) in [7, 11) is -2.30. The first kappa shape index (κ1) is 18.6. The second-order valence-corrected chi connectivity index (χ2v) is 8.18. The zero-order valence-electron chi connectivity index (χ0n) is 13.5. The third-order valence-corrected chi connectivity index (χ3v) is 5.92. The van der Waals surface area contributed by atoms with Gasteiger partial charge in [-0.25, -0.2) is 0 Å². The largest absolute Gasteiger partial charge is 0.497 e. The highest BCUT2D eigenvalue weighted by atomic mass is 35.5. The Bertz CT molecular complexity index is 975. The van der Waals surface area contributed by atoms with Crippen molar-refractivity contribution in [1.29, 1.82) is 0 Å². The first-order valence-corrected chi connectivity index (χ1v) is 10.2. The normalized spacial score (nSPS) is 14.6. The van der Waals surface area contributed by atoms with Gasteiger partial charge in [-0.15, -0.1) is 4.40 Å². The van der Waals surface area contributed by atoms with E-state index in [4.69, 9.17) is 16.3 Å². The molecule has 7 nitrogen and oxygen atoms in total. The molecule has 3 rings (SSSR count). The van der Waals surface area contributed by atoms with E-state index >= 15 is 0 Å². The number of hydrogen-bond donors (Lipinski definition) is 2. The van der Waals surface area contributed by atoms with E-state index in [-0.39, 0.29) is 21.7 Å². The number of halogens is 1. The summed E-state index contributed by atoms with van der Waals surface area (Å²) in [4.78, 5) is 12.1. The molecule has 0 bridgehead atoms. The summed E-state index contributed by atoms with van der Waals surface area (Å²) in [5.74, 6) is 0.391. The molecule has 1 heterocycles. The van der Waals surface area contributed by atoms with Gasteiger partial charge in [-0.2, -0.15) is 8.42 Å². The fourth-order valence-electron chi connectivity index (χ4n) is 2.18. The van der Waals surface area contributed by atoms with Crippen molar-refractivity contribution in [3.8, 4) is 5.75 Å². The van der Waals surface area contributed by atoms with Crippen molar-refractivity contribution in [2.75, 3.05) is 23.5 Å². The van der Waals surface area contributed by atoms with Gasteiger partial charge in [0.2, 0.25) is 5.91 Å². The minimum absolute atomic E-state index is 0.00367. The number of anilines is 2. The molecule has 2 aromatic carbocycles. The van der Waals surface area contributed by atoms with E-state index in [1.165, 1.54) is 6.07 Å². The molecule has 0 saturated carbocycles. The first-order valence-electron chi connectivity index (χ1n) is 7.35. The van der Waals surface area contributed by atoms with Gasteiger partial charge in [0.1, 0.15) is 10.6 Å². The van der Waals surface area contributed by atoms with Crippen LogP contribution in [0.25, 0.3) is 0 Å². The van der Waals surface area contributed by atoms with E-state index in [2.05, 4.69) is 15.0 Å². The molecule has 1 aliphatic rings. The standard InChI is InChI=1S/C16H14ClN3O4S2/c1-24-12-5-3-11(4-6-12)18-15(21)9-25-16-19-13-7-2-10(17)8-14(13)26(22,23)20-16/h2-8H,9H2,1H3,(H,18,21)(H,19,20). The summed E-state index contributed by atoms with van der Waals surface area (Å²) in [6.45, 7) is 0. The molecule has 0 spiro atoms. The van der Waals surface area contributed by atoms with Crippen molar-refractivity contribution in [2.45, 2.75) is 4.90 Å². The molecule has 0 saturated heterocycles. The Morgan fingerprint density at radius 2 is 2.00 bits per heavy atom. The number of sulfonamides is 1. The van der Waals surface area contributed by atoms with Crippen LogP contribution in [0.3, 0.4) is 0 Å². The molecule has 136 valence electrons. The number of ether oxygens (including phenoxy) is 1. The minimum atomic E-state index is -3.85. The number of amidine groups is 1. The van der Waals surface area contributed by atoms with Crippen LogP contribution >= 0.6 is 23.4 Å². The second-order valence-electron chi connectivity index (χ2n) is 5.20. The van der Waals surface area contributed by atoms with Crippen LogP contribution in [-0.4, -0.2) is 32.4 Å². The van der Waals surface area contributed by atoms with E-state index in [0.29, 0.717) is 22.1 Å². The highest BCUT2D eigenvalue weighted by Gasteiger charge is 2.25. The Morgan fingerprint density at radius 1 is 1.27 bits per heavy atom. The van der Waals surface area contributed by atoms with Crippen molar-refractivity contribution in [3.63, 3.8) is 0 Å². The van der Waals surface area contributed by atoms with Crippen molar-refractivity contribution in [2.24, 2.45) is 4.40 Å². The zero-order chi connectivity index (χ0) is 18.7. The van der Waals surface area contributed by atoms with Gasteiger partial charge in [0, 0.05) is 10.7 Å². The van der Waals surface area contributed by atoms with Crippen LogP contribution in [0.15, 0.2) is 51.8 Å². The molecule has 0 fully saturated rings. The highest BCUT2D eigenvalue weighted by Crippen LogP contribution is 2.31. The molecule has 10 heteroatoms. The molecule has 0 aromatic heterocycles. The van der Waals surface area contributed by atoms with E-state index in [1.54, 1.807) is 43.5 Å². The molecule has 2 N–H and O–H groups in total. The lowest BCUT2D eigenvalue weighted by Gasteiger charge is -2.17. The average Bonchev–Trinajstić information content (AvgIpc) is 2.61. The van der Waals surface area contributed by atoms with Gasteiger partial charge >= 0.3 is 0 Å². The molecule has 1 aliphatic heterocycles. The van der Waals surface area contributed by atoms with Crippen LogP contribution in [-0.2, 0) is 14.8 Å². The maximum absolute atomic E-state index is 12.2. The SMILES string of the molecule is COc1ccc(NC(=O)CSC2=NS(=O)(=O)c3cc(Cl)ccc3N2)cc1. The number of nitrogens with zero attached hydrogens (tertiary/aromatic N) is 1. The van der Waals surface area contributed by atoms with E-state index in [1.807, 2.05) is 0 Å². The van der Waals surface area contributed by atoms with Crippen LogP contribution in [0, 0.1) is 0 Å². The Balaban J connectivity index is 1.63. The van der Waals surface area contributed by atoms with Crippen LogP contribution in [0.5, 0.6) is 5.75 Å². The smallest absolute Gasteiger partial charge is 0.286 e. The maximum atomic E-state index is 12.2. The maximum Gasteiger partial charge on any atom is 0.286 e. The zero-order valence-corrected chi connectivity index (χ0v) is 15.9. The average molecular weight is 412 g/mol. The fraction of sp³-hybridized carbons (Fsp3) is 0.125. The first-order chi connectivity index (χ1) is 12.4. The van der Waals surface area contributed by atoms with Gasteiger partial charge in [-0.05, 0) is 42.5 Å². The highest BCUT2D eigenvalue weighted by molar-refractivity contribution is 8.15. The summed E-state index contributed by atoms with van der Waals surface area (Å²) in [6, 6.07) is 11.3. The predicted octanol–water partition coefficient (Wildman–Crippen LogP) is 3.19. The third-order valence-electron chi connectivity index (χ3n) is 3.38. The number of thioether (sulfide) groups is 1. The lowest BCUT2D eigenvalue weighted by atomic mass is 10.3. The van der Waals surface area contributed by atoms with Crippen molar-refractivity contribution in [1.82, 2.24) is 0 Å². The van der Waals surface area contributed by atoms with Gasteiger partial charge in [-0.3, -0.25) is 4.79 Å². The quantitative estimate of drug-likeness (QED) is 0.801. The van der Waals surface area contributed by atoms with Crippen LogP contribution in [0.1, 0.15) is 0 Å². The number of benzene rings is 2. The van der Waals surface area contributed by atoms with E-state index in [9.17, 15) is 13.2 Å². The number of nitrogens with one attached hydrogen (secondary N) is 2. The van der Waals surface area contributed by atoms with Gasteiger partial charge < -0.3 is 15.4 Å². The molecule has 1 amide bonds. The molecule has 0 atom stereocenters. The molecular formula is C16H14ClN3O4S2. The lowest BCUT2D eigenvalue weighted by molar-refractivity contribution is -0.113. The van der Waals surface area contributed by atoms with E-state index < -0.39 is 10.0 Å². The summed E-state index contributed by atoms with van der Waals surface area (Å²) in [5.41, 5.74) is 0.991. The topological polar surface area (TPSA) is 96.9 Å². The molecular weight excluding hydrogens is 398 g/mol. The Kier molecular flexibility index (Phi) is 5.40. The summed E-state index contributed by atoms with van der Waals surface area (Å²) in [5, 5.41) is 6.04. The number of methoxy groups -OCH3 is 1. The van der Waals surface area contributed by atoms with Crippen LogP contribution < -0.4 is 15.4 Å². The van der Waals surface area contributed by atoms with Gasteiger partial charge in [0.15, 0.2) is 5.17 Å². The second kappa shape index (κ2) is 7.56. The predicted molar refractivity (Wildman–Crippen MR) is 104 cm³/mol. The van der Waals surface area contributed by atoms with Crippen LogP contribution in [0.4, 0.5) is 11.4 Å². The Morgan fingerprint density at radius 3 is 2.69 bits per heavy atom. The van der Waals surface area contributed by atoms with Gasteiger partial charge in [0.05, 0.1) is 18.6 Å².